The van der Waals surface area contributed by atoms with Crippen LogP contribution < -0.4 is 0 Å². The molecule has 1 fully saturated rings. The Morgan fingerprint density at radius 3 is 2.71 bits per heavy atom. The van der Waals surface area contributed by atoms with Crippen LogP contribution in [-0.4, -0.2) is 47.4 Å². The predicted molar refractivity (Wildman–Crippen MR) is 90.0 cm³/mol. The summed E-state index contributed by atoms with van der Waals surface area (Å²) in [5.74, 6) is -0.131. The number of benzene rings is 1. The van der Waals surface area contributed by atoms with Crippen LogP contribution in [0.2, 0.25) is 0 Å². The Bertz CT molecular complexity index is 730. The smallest absolute Gasteiger partial charge is 0.272 e. The van der Waals surface area contributed by atoms with E-state index >= 15 is 0 Å². The van der Waals surface area contributed by atoms with Crippen LogP contribution in [0.4, 0.5) is 0 Å². The fourth-order valence-corrected chi connectivity index (χ4v) is 2.86. The van der Waals surface area contributed by atoms with Crippen LogP contribution in [0, 0.1) is 6.92 Å². The molecule has 1 aromatic heterocycles. The first-order chi connectivity index (χ1) is 11.6. The molecule has 0 spiro atoms. The molecule has 0 unspecified atom stereocenters. The molecule has 0 aliphatic carbocycles. The van der Waals surface area contributed by atoms with Crippen molar-refractivity contribution >= 4 is 11.7 Å². The second-order valence-electron chi connectivity index (χ2n) is 5.88. The summed E-state index contributed by atoms with van der Waals surface area (Å²) in [4.78, 5) is 31.3. The van der Waals surface area contributed by atoms with Gasteiger partial charge in [0, 0.05) is 24.2 Å². The molecule has 1 aromatic carbocycles. The van der Waals surface area contributed by atoms with Crippen molar-refractivity contribution in [2.75, 3.05) is 19.8 Å². The molecule has 1 saturated heterocycles. The molecule has 2 aromatic rings. The maximum atomic E-state index is 12.8. The van der Waals surface area contributed by atoms with Crippen LogP contribution in [-0.2, 0) is 4.74 Å². The van der Waals surface area contributed by atoms with Gasteiger partial charge in [-0.2, -0.15) is 0 Å². The summed E-state index contributed by atoms with van der Waals surface area (Å²) in [5.41, 5.74) is 1.87. The van der Waals surface area contributed by atoms with E-state index in [1.165, 1.54) is 0 Å². The number of aryl methyl sites for hydroxylation is 1. The fourth-order valence-electron chi connectivity index (χ4n) is 2.86. The lowest BCUT2D eigenvalue weighted by atomic mass is 10.0. The molecular weight excluding hydrogens is 304 g/mol. The maximum Gasteiger partial charge on any atom is 0.272 e. The zero-order chi connectivity index (χ0) is 16.9. The van der Waals surface area contributed by atoms with Gasteiger partial charge in [0.15, 0.2) is 5.78 Å². The molecule has 124 valence electrons. The van der Waals surface area contributed by atoms with E-state index in [0.29, 0.717) is 31.0 Å². The van der Waals surface area contributed by atoms with Gasteiger partial charge < -0.3 is 9.64 Å². The highest BCUT2D eigenvalue weighted by Gasteiger charge is 2.30. The standard InChI is InChI=1S/C19H20N2O3/c1-14-6-5-9-17(20-14)19(23)21-10-11-24-13-16(21)12-18(22)15-7-3-2-4-8-15/h2-9,16H,10-13H2,1H3/t16-/m0/s1. The Morgan fingerprint density at radius 2 is 1.96 bits per heavy atom. The van der Waals surface area contributed by atoms with Gasteiger partial charge >= 0.3 is 0 Å². The van der Waals surface area contributed by atoms with Gasteiger partial charge in [-0.1, -0.05) is 36.4 Å². The molecule has 1 amide bonds. The van der Waals surface area contributed by atoms with Crippen LogP contribution in [0.5, 0.6) is 0 Å². The van der Waals surface area contributed by atoms with E-state index < -0.39 is 0 Å². The summed E-state index contributed by atoms with van der Waals surface area (Å²) in [7, 11) is 0. The zero-order valence-electron chi connectivity index (χ0n) is 13.6. The molecule has 5 nitrogen and oxygen atoms in total. The van der Waals surface area contributed by atoms with Crippen molar-refractivity contribution in [2.45, 2.75) is 19.4 Å². The second kappa shape index (κ2) is 7.36. The monoisotopic (exact) mass is 324 g/mol. The average Bonchev–Trinajstić information content (AvgIpc) is 2.62. The van der Waals surface area contributed by atoms with E-state index in [1.54, 1.807) is 23.1 Å². The molecule has 0 saturated carbocycles. The molecule has 1 atom stereocenters. The largest absolute Gasteiger partial charge is 0.377 e. The topological polar surface area (TPSA) is 59.5 Å². The molecular formula is C19H20N2O3. The van der Waals surface area contributed by atoms with Crippen molar-refractivity contribution in [2.24, 2.45) is 0 Å². The van der Waals surface area contributed by atoms with Gasteiger partial charge in [-0.05, 0) is 19.1 Å². The van der Waals surface area contributed by atoms with E-state index in [2.05, 4.69) is 4.98 Å². The number of Topliss-reactive ketones (excluding diaryl/α,β-unsaturated/α-hetero) is 1. The van der Waals surface area contributed by atoms with Crippen LogP contribution in [0.25, 0.3) is 0 Å². The number of ether oxygens (including phenoxy) is 1. The third-order valence-corrected chi connectivity index (χ3v) is 4.11. The van der Waals surface area contributed by atoms with Crippen LogP contribution in [0.15, 0.2) is 48.5 Å². The van der Waals surface area contributed by atoms with Gasteiger partial charge in [-0.15, -0.1) is 0 Å². The number of carbonyl (C=O) groups is 2. The SMILES string of the molecule is Cc1cccc(C(=O)N2CCOC[C@@H]2CC(=O)c2ccccc2)n1. The number of ketones is 1. The molecule has 2 heterocycles. The maximum absolute atomic E-state index is 12.8. The number of hydrogen-bond acceptors (Lipinski definition) is 4. The predicted octanol–water partition coefficient (Wildman–Crippen LogP) is 2.50. The molecule has 1 aliphatic rings. The number of morpholine rings is 1. The summed E-state index contributed by atoms with van der Waals surface area (Å²) in [6, 6.07) is 14.3. The number of hydrogen-bond donors (Lipinski definition) is 0. The van der Waals surface area contributed by atoms with Gasteiger partial charge in [0.2, 0.25) is 0 Å². The van der Waals surface area contributed by atoms with Gasteiger partial charge in [0.25, 0.3) is 5.91 Å². The highest BCUT2D eigenvalue weighted by molar-refractivity contribution is 5.97. The van der Waals surface area contributed by atoms with Crippen molar-refractivity contribution in [1.29, 1.82) is 0 Å². The van der Waals surface area contributed by atoms with Gasteiger partial charge in [-0.3, -0.25) is 9.59 Å². The summed E-state index contributed by atoms with van der Waals surface area (Å²) in [6.07, 6.45) is 0.252. The molecule has 1 aliphatic heterocycles. The fraction of sp³-hybridized carbons (Fsp3) is 0.316. The Kier molecular flexibility index (Phi) is 5.01. The normalized spacial score (nSPS) is 17.5. The zero-order valence-corrected chi connectivity index (χ0v) is 13.6. The van der Waals surface area contributed by atoms with E-state index in [0.717, 1.165) is 5.69 Å². The molecule has 0 radical (unpaired) electrons. The number of rotatable bonds is 4. The van der Waals surface area contributed by atoms with Crippen molar-refractivity contribution in [1.82, 2.24) is 9.88 Å². The van der Waals surface area contributed by atoms with Gasteiger partial charge in [0.1, 0.15) is 5.69 Å². The molecule has 5 heteroatoms. The number of carbonyl (C=O) groups excluding carboxylic acids is 2. The van der Waals surface area contributed by atoms with Crippen molar-refractivity contribution in [3.05, 3.63) is 65.5 Å². The van der Waals surface area contributed by atoms with E-state index in [-0.39, 0.29) is 24.2 Å². The number of pyridine rings is 1. The van der Waals surface area contributed by atoms with E-state index in [9.17, 15) is 9.59 Å². The number of aromatic nitrogens is 1. The Labute approximate surface area is 141 Å². The first-order valence-corrected chi connectivity index (χ1v) is 8.06. The lowest BCUT2D eigenvalue weighted by Gasteiger charge is -2.35. The first kappa shape index (κ1) is 16.3. The Morgan fingerprint density at radius 1 is 1.17 bits per heavy atom. The van der Waals surface area contributed by atoms with Crippen LogP contribution >= 0.6 is 0 Å². The van der Waals surface area contributed by atoms with Gasteiger partial charge in [0.05, 0.1) is 19.3 Å². The van der Waals surface area contributed by atoms with Crippen molar-refractivity contribution < 1.29 is 14.3 Å². The quantitative estimate of drug-likeness (QED) is 0.811. The minimum absolute atomic E-state index is 0.0149. The Balaban J connectivity index is 1.76. The van der Waals surface area contributed by atoms with Crippen LogP contribution in [0.3, 0.4) is 0 Å². The van der Waals surface area contributed by atoms with Crippen LogP contribution in [0.1, 0.15) is 33.0 Å². The minimum atomic E-state index is -0.263. The molecule has 0 N–H and O–H groups in total. The number of amides is 1. The lowest BCUT2D eigenvalue weighted by Crippen LogP contribution is -2.49. The first-order valence-electron chi connectivity index (χ1n) is 8.06. The Hall–Kier alpha value is -2.53. The summed E-state index contributed by atoms with van der Waals surface area (Å²) >= 11 is 0. The van der Waals surface area contributed by atoms with Crippen molar-refractivity contribution in [3.63, 3.8) is 0 Å². The molecule has 0 bridgehead atoms. The van der Waals surface area contributed by atoms with E-state index in [4.69, 9.17) is 4.74 Å². The third kappa shape index (κ3) is 3.68. The summed E-state index contributed by atoms with van der Waals surface area (Å²) in [6.45, 7) is 3.18. The average molecular weight is 324 g/mol. The summed E-state index contributed by atoms with van der Waals surface area (Å²) < 4.78 is 5.49. The van der Waals surface area contributed by atoms with E-state index in [1.807, 2.05) is 37.3 Å². The highest BCUT2D eigenvalue weighted by atomic mass is 16.5. The van der Waals surface area contributed by atoms with Gasteiger partial charge in [-0.25, -0.2) is 4.98 Å². The third-order valence-electron chi connectivity index (χ3n) is 4.11. The lowest BCUT2D eigenvalue weighted by molar-refractivity contribution is -0.00311. The second-order valence-corrected chi connectivity index (χ2v) is 5.88. The number of nitrogens with zero attached hydrogens (tertiary/aromatic N) is 2. The minimum Gasteiger partial charge on any atom is -0.377 e. The highest BCUT2D eigenvalue weighted by Crippen LogP contribution is 2.17. The molecule has 3 rings (SSSR count). The molecule has 24 heavy (non-hydrogen) atoms. The summed E-state index contributed by atoms with van der Waals surface area (Å²) in [5, 5.41) is 0. The van der Waals surface area contributed by atoms with Crippen molar-refractivity contribution in [3.8, 4) is 0 Å².